The van der Waals surface area contributed by atoms with Crippen molar-refractivity contribution < 1.29 is 4.74 Å². The minimum atomic E-state index is -1.65. The number of rotatable bonds is 2. The Hall–Kier alpha value is -2.64. The fraction of sp³-hybridized carbons (Fsp3) is 0.200. The highest BCUT2D eigenvalue weighted by molar-refractivity contribution is 5.73. The second-order valence-electron chi connectivity index (χ2n) is 3.18. The Kier molecular flexibility index (Phi) is 2.61. The van der Waals surface area contributed by atoms with Crippen LogP contribution in [0.1, 0.15) is 0 Å². The van der Waals surface area contributed by atoms with Gasteiger partial charge >= 0.3 is 11.7 Å². The number of allylic oxidation sites excluding steroid dienone is 2. The Morgan fingerprint density at radius 1 is 0.941 bits per heavy atom. The molecule has 0 bridgehead atoms. The molecule has 0 aromatic rings. The molecule has 0 spiro atoms. The van der Waals surface area contributed by atoms with Gasteiger partial charge in [-0.25, -0.2) is 9.98 Å². The summed E-state index contributed by atoms with van der Waals surface area (Å²) < 4.78 is 5.36. The molecule has 2 aliphatic heterocycles. The maximum absolute atomic E-state index is 9.09. The van der Waals surface area contributed by atoms with Gasteiger partial charge in [-0.2, -0.15) is 10.5 Å². The highest BCUT2D eigenvalue weighted by Gasteiger charge is 2.43. The molecule has 17 heavy (non-hydrogen) atoms. The van der Waals surface area contributed by atoms with Gasteiger partial charge in [0.25, 0.3) is 0 Å². The topological polar surface area (TPSA) is 106 Å². The van der Waals surface area contributed by atoms with E-state index in [1.165, 1.54) is 24.8 Å². The molecule has 2 unspecified atom stereocenters. The monoisotopic (exact) mass is 228 g/mol. The van der Waals surface area contributed by atoms with E-state index in [9.17, 15) is 0 Å². The fourth-order valence-electron chi connectivity index (χ4n) is 1.27. The zero-order chi connectivity index (χ0) is 12.2. The minimum Gasteiger partial charge on any atom is -0.333 e. The molecular formula is C10H8N6O. The van der Waals surface area contributed by atoms with Crippen molar-refractivity contribution in [3.63, 3.8) is 0 Å². The average Bonchev–Trinajstić information content (AvgIpc) is 2.41. The van der Waals surface area contributed by atoms with Gasteiger partial charge in [0.05, 0.1) is 0 Å². The lowest BCUT2D eigenvalue weighted by Gasteiger charge is -2.32. The number of nitrogens with zero attached hydrogens (tertiary/aromatic N) is 4. The van der Waals surface area contributed by atoms with E-state index in [0.29, 0.717) is 0 Å². The summed E-state index contributed by atoms with van der Waals surface area (Å²) in [4.78, 5) is 7.74. The minimum absolute atomic E-state index is 1.41. The normalized spacial score (nSPS) is 33.3. The summed E-state index contributed by atoms with van der Waals surface area (Å²) in [6, 6.07) is 3.70. The van der Waals surface area contributed by atoms with Crippen molar-refractivity contribution in [2.45, 2.75) is 11.7 Å². The summed E-state index contributed by atoms with van der Waals surface area (Å²) >= 11 is 0. The number of nitrogens with one attached hydrogen (secondary N) is 2. The Morgan fingerprint density at radius 3 is 1.71 bits per heavy atom. The molecule has 0 aromatic carbocycles. The summed E-state index contributed by atoms with van der Waals surface area (Å²) in [6.07, 6.45) is 9.04. The molecule has 0 radical (unpaired) electrons. The van der Waals surface area contributed by atoms with E-state index in [1.54, 1.807) is 12.2 Å². The molecule has 84 valence electrons. The number of aliphatic imine (C=N–C) groups is 2. The van der Waals surface area contributed by atoms with Crippen LogP contribution in [0.4, 0.5) is 0 Å². The second kappa shape index (κ2) is 4.08. The maximum Gasteiger partial charge on any atom is 0.333 e. The molecule has 2 N–H and O–H groups in total. The summed E-state index contributed by atoms with van der Waals surface area (Å²) in [7, 11) is 0. The van der Waals surface area contributed by atoms with Crippen LogP contribution in [0, 0.1) is 22.7 Å². The van der Waals surface area contributed by atoms with Crippen LogP contribution in [-0.4, -0.2) is 24.1 Å². The molecule has 0 aliphatic carbocycles. The molecule has 2 heterocycles. The summed E-state index contributed by atoms with van der Waals surface area (Å²) in [5, 5.41) is 23.5. The Labute approximate surface area is 97.4 Å². The van der Waals surface area contributed by atoms with Crippen molar-refractivity contribution in [3.8, 4) is 12.1 Å². The van der Waals surface area contributed by atoms with Crippen LogP contribution in [0.5, 0.6) is 0 Å². The van der Waals surface area contributed by atoms with Gasteiger partial charge in [-0.3, -0.25) is 4.74 Å². The second-order valence-corrected chi connectivity index (χ2v) is 3.18. The van der Waals surface area contributed by atoms with E-state index in [1.807, 2.05) is 12.1 Å². The van der Waals surface area contributed by atoms with Crippen LogP contribution >= 0.6 is 0 Å². The van der Waals surface area contributed by atoms with E-state index in [2.05, 4.69) is 20.6 Å². The molecule has 0 fully saturated rings. The summed E-state index contributed by atoms with van der Waals surface area (Å²) in [5.41, 5.74) is 0. The van der Waals surface area contributed by atoms with Crippen molar-refractivity contribution in [1.29, 1.82) is 10.5 Å². The highest BCUT2D eigenvalue weighted by Crippen LogP contribution is 2.21. The quantitative estimate of drug-likeness (QED) is 0.676. The van der Waals surface area contributed by atoms with Crippen LogP contribution in [0.2, 0.25) is 0 Å². The molecule has 0 saturated carbocycles. The molecule has 7 heteroatoms. The lowest BCUT2D eigenvalue weighted by atomic mass is 10.3. The average molecular weight is 228 g/mol. The Bertz CT molecular complexity index is 462. The third kappa shape index (κ3) is 2.00. The van der Waals surface area contributed by atoms with Gasteiger partial charge in [-0.1, -0.05) is 0 Å². The molecule has 2 aliphatic rings. The van der Waals surface area contributed by atoms with Gasteiger partial charge in [-0.15, -0.1) is 0 Å². The molecule has 0 aromatic heterocycles. The van der Waals surface area contributed by atoms with Crippen molar-refractivity contribution in [1.82, 2.24) is 10.6 Å². The van der Waals surface area contributed by atoms with Crippen LogP contribution in [0.25, 0.3) is 0 Å². The Morgan fingerprint density at radius 2 is 1.41 bits per heavy atom. The van der Waals surface area contributed by atoms with Crippen LogP contribution < -0.4 is 10.6 Å². The van der Waals surface area contributed by atoms with Crippen molar-refractivity contribution in [2.75, 3.05) is 0 Å². The third-order valence-electron chi connectivity index (χ3n) is 2.03. The predicted molar refractivity (Wildman–Crippen MR) is 59.3 cm³/mol. The third-order valence-corrected chi connectivity index (χ3v) is 2.03. The van der Waals surface area contributed by atoms with Crippen molar-refractivity contribution in [3.05, 3.63) is 24.6 Å². The van der Waals surface area contributed by atoms with Crippen molar-refractivity contribution in [2.24, 2.45) is 9.98 Å². The lowest BCUT2D eigenvalue weighted by Crippen LogP contribution is -2.55. The number of hydrogen-bond acceptors (Lipinski definition) is 7. The molecule has 2 rings (SSSR count). The van der Waals surface area contributed by atoms with Gasteiger partial charge in [0, 0.05) is 24.8 Å². The maximum atomic E-state index is 9.09. The summed E-state index contributed by atoms with van der Waals surface area (Å²) in [5.74, 6) is -3.31. The SMILES string of the molecule is N#CC1(OC2(C#N)N=CC=CN2)N=CC=CN1. The van der Waals surface area contributed by atoms with Crippen LogP contribution in [0.3, 0.4) is 0 Å². The fourth-order valence-corrected chi connectivity index (χ4v) is 1.27. The zero-order valence-corrected chi connectivity index (χ0v) is 8.66. The first-order valence-corrected chi connectivity index (χ1v) is 4.73. The van der Waals surface area contributed by atoms with Gasteiger partial charge in [-0.05, 0) is 12.2 Å². The number of hydrogen-bond donors (Lipinski definition) is 2. The molecule has 0 amide bonds. The molecule has 2 atom stereocenters. The van der Waals surface area contributed by atoms with Gasteiger partial charge < -0.3 is 10.6 Å². The molecule has 0 saturated heterocycles. The van der Waals surface area contributed by atoms with E-state index in [-0.39, 0.29) is 0 Å². The summed E-state index contributed by atoms with van der Waals surface area (Å²) in [6.45, 7) is 0. The van der Waals surface area contributed by atoms with E-state index >= 15 is 0 Å². The van der Waals surface area contributed by atoms with Crippen LogP contribution in [-0.2, 0) is 4.74 Å². The molecule has 7 nitrogen and oxygen atoms in total. The first-order valence-electron chi connectivity index (χ1n) is 4.73. The zero-order valence-electron chi connectivity index (χ0n) is 8.66. The first kappa shape index (κ1) is 10.9. The first-order chi connectivity index (χ1) is 8.24. The van der Waals surface area contributed by atoms with E-state index in [0.717, 1.165) is 0 Å². The largest absolute Gasteiger partial charge is 0.333 e. The highest BCUT2D eigenvalue weighted by atomic mass is 16.6. The van der Waals surface area contributed by atoms with Gasteiger partial charge in [0.15, 0.2) is 0 Å². The number of ether oxygens (including phenoxy) is 1. The smallest absolute Gasteiger partial charge is 0.333 e. The van der Waals surface area contributed by atoms with Crippen LogP contribution in [0.15, 0.2) is 34.5 Å². The lowest BCUT2D eigenvalue weighted by molar-refractivity contribution is -0.112. The Balaban J connectivity index is 2.25. The number of nitriles is 2. The molecular weight excluding hydrogens is 220 g/mol. The van der Waals surface area contributed by atoms with E-state index in [4.69, 9.17) is 15.3 Å². The van der Waals surface area contributed by atoms with E-state index < -0.39 is 11.7 Å². The van der Waals surface area contributed by atoms with Gasteiger partial charge in [0.2, 0.25) is 0 Å². The predicted octanol–water partition coefficient (Wildman–Crippen LogP) is -0.267. The standard InChI is InChI=1S/C10H8N6O/c11-7-9(13-3-1-4-14-9)17-10(8-12)15-5-2-6-16-10/h1-6,13,15H. The van der Waals surface area contributed by atoms with Gasteiger partial charge in [0.1, 0.15) is 12.1 Å². The van der Waals surface area contributed by atoms with Crippen molar-refractivity contribution >= 4 is 12.4 Å².